The fourth-order valence-corrected chi connectivity index (χ4v) is 2.66. The quantitative estimate of drug-likeness (QED) is 0.824. The van der Waals surface area contributed by atoms with E-state index in [1.807, 2.05) is 19.4 Å². The molecule has 2 aromatic heterocycles. The summed E-state index contributed by atoms with van der Waals surface area (Å²) in [5.41, 5.74) is 7.25. The first-order valence-electron chi connectivity index (χ1n) is 5.51. The van der Waals surface area contributed by atoms with Crippen molar-refractivity contribution in [3.63, 3.8) is 0 Å². The molecule has 0 aromatic carbocycles. The van der Waals surface area contributed by atoms with E-state index in [0.29, 0.717) is 5.22 Å². The minimum absolute atomic E-state index is 0.0519. The van der Waals surface area contributed by atoms with Crippen LogP contribution in [-0.4, -0.2) is 20.8 Å². The average molecular weight is 252 g/mol. The molecule has 2 unspecified atom stereocenters. The highest BCUT2D eigenvalue weighted by molar-refractivity contribution is 7.99. The van der Waals surface area contributed by atoms with Crippen LogP contribution in [0.3, 0.4) is 0 Å². The Balaban J connectivity index is 2.19. The van der Waals surface area contributed by atoms with Gasteiger partial charge in [0.15, 0.2) is 0 Å². The normalized spacial score (nSPS) is 14.8. The van der Waals surface area contributed by atoms with Crippen molar-refractivity contribution in [3.05, 3.63) is 30.4 Å². The second-order valence-electron chi connectivity index (χ2n) is 3.86. The first kappa shape index (κ1) is 12.2. The van der Waals surface area contributed by atoms with Gasteiger partial charge in [-0.15, -0.1) is 0 Å². The third-order valence-electron chi connectivity index (χ3n) is 2.55. The van der Waals surface area contributed by atoms with Crippen molar-refractivity contribution in [1.29, 1.82) is 0 Å². The Bertz CT molecular complexity index is 454. The lowest BCUT2D eigenvalue weighted by atomic mass is 10.1. The molecule has 0 saturated carbocycles. The molecule has 2 N–H and O–H groups in total. The van der Waals surface area contributed by atoms with Gasteiger partial charge in [0, 0.05) is 24.8 Å². The lowest BCUT2D eigenvalue weighted by Crippen LogP contribution is -2.25. The lowest BCUT2D eigenvalue weighted by molar-refractivity contribution is 0.451. The standard InChI is InChI=1S/C11H16N4OS/c1-3-9(12)10(8-6-14-15(2)7-8)17-11-13-4-5-16-11/h4-7,9-10H,3,12H2,1-2H3. The monoisotopic (exact) mass is 252 g/mol. The zero-order valence-electron chi connectivity index (χ0n) is 9.91. The summed E-state index contributed by atoms with van der Waals surface area (Å²) in [5.74, 6) is 0. The molecular formula is C11H16N4OS. The van der Waals surface area contributed by atoms with E-state index in [-0.39, 0.29) is 11.3 Å². The molecule has 2 heterocycles. The van der Waals surface area contributed by atoms with E-state index in [4.69, 9.17) is 10.2 Å². The van der Waals surface area contributed by atoms with Gasteiger partial charge in [-0.05, 0) is 6.42 Å². The van der Waals surface area contributed by atoms with Crippen LogP contribution < -0.4 is 5.73 Å². The molecule has 0 saturated heterocycles. The van der Waals surface area contributed by atoms with Gasteiger partial charge in [-0.25, -0.2) is 4.98 Å². The summed E-state index contributed by atoms with van der Waals surface area (Å²) >= 11 is 1.54. The molecule has 0 amide bonds. The molecule has 5 nitrogen and oxygen atoms in total. The average Bonchev–Trinajstić information content (AvgIpc) is 2.96. The van der Waals surface area contributed by atoms with Crippen LogP contribution in [0.15, 0.2) is 34.5 Å². The maximum absolute atomic E-state index is 6.15. The molecular weight excluding hydrogens is 236 g/mol. The number of aryl methyl sites for hydroxylation is 1. The van der Waals surface area contributed by atoms with Gasteiger partial charge in [0.2, 0.25) is 0 Å². The Hall–Kier alpha value is -1.27. The summed E-state index contributed by atoms with van der Waals surface area (Å²) in [7, 11) is 1.90. The predicted molar refractivity (Wildman–Crippen MR) is 66.6 cm³/mol. The number of nitrogens with two attached hydrogens (primary N) is 1. The molecule has 2 aromatic rings. The number of nitrogens with zero attached hydrogens (tertiary/aromatic N) is 3. The smallest absolute Gasteiger partial charge is 0.256 e. The van der Waals surface area contributed by atoms with Gasteiger partial charge in [0.1, 0.15) is 6.26 Å². The Morgan fingerprint density at radius 1 is 1.59 bits per heavy atom. The Labute approximate surface area is 104 Å². The molecule has 2 rings (SSSR count). The van der Waals surface area contributed by atoms with Crippen molar-refractivity contribution in [1.82, 2.24) is 14.8 Å². The molecule has 92 valence electrons. The number of aromatic nitrogens is 3. The minimum Gasteiger partial charge on any atom is -0.440 e. The van der Waals surface area contributed by atoms with Crippen molar-refractivity contribution in [2.75, 3.05) is 0 Å². The first-order valence-corrected chi connectivity index (χ1v) is 6.39. The van der Waals surface area contributed by atoms with Crippen LogP contribution in [0.1, 0.15) is 24.2 Å². The fraction of sp³-hybridized carbons (Fsp3) is 0.455. The largest absolute Gasteiger partial charge is 0.440 e. The van der Waals surface area contributed by atoms with Crippen LogP contribution >= 0.6 is 11.8 Å². The molecule has 0 radical (unpaired) electrons. The van der Waals surface area contributed by atoms with Gasteiger partial charge in [0.25, 0.3) is 5.22 Å². The van der Waals surface area contributed by atoms with Crippen LogP contribution in [0.4, 0.5) is 0 Å². The van der Waals surface area contributed by atoms with E-state index in [2.05, 4.69) is 17.0 Å². The number of oxazole rings is 1. The van der Waals surface area contributed by atoms with E-state index in [0.717, 1.165) is 12.0 Å². The third kappa shape index (κ3) is 2.89. The SMILES string of the molecule is CCC(N)C(Sc1ncco1)c1cnn(C)c1. The van der Waals surface area contributed by atoms with Crippen LogP contribution in [0.25, 0.3) is 0 Å². The highest BCUT2D eigenvalue weighted by Crippen LogP contribution is 2.36. The highest BCUT2D eigenvalue weighted by Gasteiger charge is 2.23. The van der Waals surface area contributed by atoms with E-state index in [1.165, 1.54) is 11.8 Å². The van der Waals surface area contributed by atoms with Gasteiger partial charge in [-0.2, -0.15) is 5.10 Å². The lowest BCUT2D eigenvalue weighted by Gasteiger charge is -2.19. The third-order valence-corrected chi connectivity index (χ3v) is 3.83. The van der Waals surface area contributed by atoms with Crippen LogP contribution in [-0.2, 0) is 7.05 Å². The summed E-state index contributed by atoms with van der Waals surface area (Å²) in [6, 6.07) is 0.0519. The number of hydrogen-bond acceptors (Lipinski definition) is 5. The van der Waals surface area contributed by atoms with Crippen molar-refractivity contribution in [3.8, 4) is 0 Å². The molecule has 0 fully saturated rings. The summed E-state index contributed by atoms with van der Waals surface area (Å²) in [4.78, 5) is 4.12. The number of rotatable bonds is 5. The van der Waals surface area contributed by atoms with Crippen LogP contribution in [0, 0.1) is 0 Å². The zero-order valence-corrected chi connectivity index (χ0v) is 10.7. The van der Waals surface area contributed by atoms with Crippen molar-refractivity contribution in [2.45, 2.75) is 29.9 Å². The van der Waals surface area contributed by atoms with Crippen LogP contribution in [0.2, 0.25) is 0 Å². The molecule has 2 atom stereocenters. The van der Waals surface area contributed by atoms with Gasteiger partial charge in [0.05, 0.1) is 17.6 Å². The Kier molecular flexibility index (Phi) is 3.86. The molecule has 0 aliphatic heterocycles. The second-order valence-corrected chi connectivity index (χ2v) is 4.95. The van der Waals surface area contributed by atoms with E-state index in [9.17, 15) is 0 Å². The Morgan fingerprint density at radius 3 is 2.94 bits per heavy atom. The molecule has 0 aliphatic rings. The second kappa shape index (κ2) is 5.37. The van der Waals surface area contributed by atoms with Crippen molar-refractivity contribution >= 4 is 11.8 Å². The number of thioether (sulfide) groups is 1. The van der Waals surface area contributed by atoms with E-state index >= 15 is 0 Å². The first-order chi connectivity index (χ1) is 8.20. The summed E-state index contributed by atoms with van der Waals surface area (Å²) in [6.07, 6.45) is 7.93. The van der Waals surface area contributed by atoms with Gasteiger partial charge < -0.3 is 10.2 Å². The zero-order chi connectivity index (χ0) is 12.3. The van der Waals surface area contributed by atoms with Gasteiger partial charge in [-0.3, -0.25) is 4.68 Å². The molecule has 0 bridgehead atoms. The van der Waals surface area contributed by atoms with Crippen molar-refractivity contribution in [2.24, 2.45) is 12.8 Å². The highest BCUT2D eigenvalue weighted by atomic mass is 32.2. The Morgan fingerprint density at radius 2 is 2.41 bits per heavy atom. The summed E-state index contributed by atoms with van der Waals surface area (Å²) < 4.78 is 7.03. The summed E-state index contributed by atoms with van der Waals surface area (Å²) in [5, 5.41) is 4.94. The fourth-order valence-electron chi connectivity index (χ4n) is 1.58. The van der Waals surface area contributed by atoms with Crippen molar-refractivity contribution < 1.29 is 4.42 Å². The summed E-state index contributed by atoms with van der Waals surface area (Å²) in [6.45, 7) is 2.07. The van der Waals surface area contributed by atoms with Gasteiger partial charge in [-0.1, -0.05) is 18.7 Å². The van der Waals surface area contributed by atoms with Gasteiger partial charge >= 0.3 is 0 Å². The minimum atomic E-state index is 0.0519. The maximum Gasteiger partial charge on any atom is 0.256 e. The van der Waals surface area contributed by atoms with E-state index < -0.39 is 0 Å². The predicted octanol–water partition coefficient (Wildman–Crippen LogP) is 1.98. The molecule has 0 aliphatic carbocycles. The molecule has 0 spiro atoms. The number of hydrogen-bond donors (Lipinski definition) is 1. The molecule has 6 heteroatoms. The molecule has 17 heavy (non-hydrogen) atoms. The topological polar surface area (TPSA) is 69.9 Å². The van der Waals surface area contributed by atoms with E-state index in [1.54, 1.807) is 17.1 Å². The van der Waals surface area contributed by atoms with Crippen LogP contribution in [0.5, 0.6) is 0 Å². The maximum atomic E-state index is 6.15.